The summed E-state index contributed by atoms with van der Waals surface area (Å²) >= 11 is 0. The quantitative estimate of drug-likeness (QED) is 0.770. The topological polar surface area (TPSA) is 38.8 Å². The van der Waals surface area contributed by atoms with Crippen LogP contribution >= 0.6 is 0 Å². The van der Waals surface area contributed by atoms with Gasteiger partial charge in [-0.05, 0) is 44.0 Å². The first-order valence-electron chi connectivity index (χ1n) is 8.58. The molecule has 4 heteroatoms. The van der Waals surface area contributed by atoms with Gasteiger partial charge >= 0.3 is 5.97 Å². The summed E-state index contributed by atoms with van der Waals surface area (Å²) in [7, 11) is 1.66. The second kappa shape index (κ2) is 6.79. The molecule has 1 heterocycles. The summed E-state index contributed by atoms with van der Waals surface area (Å²) < 4.78 is 10.9. The van der Waals surface area contributed by atoms with Gasteiger partial charge in [-0.2, -0.15) is 0 Å². The number of rotatable bonds is 4. The van der Waals surface area contributed by atoms with E-state index < -0.39 is 5.60 Å². The smallest absolute Gasteiger partial charge is 0.308 e. The van der Waals surface area contributed by atoms with Crippen molar-refractivity contribution in [3.8, 4) is 5.75 Å². The van der Waals surface area contributed by atoms with Gasteiger partial charge in [0.2, 0.25) is 0 Å². The number of benzene rings is 2. The fourth-order valence-electron chi connectivity index (χ4n) is 3.29. The van der Waals surface area contributed by atoms with Crippen LogP contribution in [0, 0.1) is 0 Å². The van der Waals surface area contributed by atoms with E-state index in [1.165, 1.54) is 11.1 Å². The molecule has 2 aromatic carbocycles. The molecule has 132 valence electrons. The van der Waals surface area contributed by atoms with Gasteiger partial charge in [-0.3, -0.25) is 4.79 Å². The lowest BCUT2D eigenvalue weighted by Gasteiger charge is -2.28. The van der Waals surface area contributed by atoms with E-state index in [1.807, 2.05) is 51.1 Å². The van der Waals surface area contributed by atoms with Crippen LogP contribution in [0.3, 0.4) is 0 Å². The lowest BCUT2D eigenvalue weighted by atomic mass is 10.0. The van der Waals surface area contributed by atoms with Crippen molar-refractivity contribution in [2.75, 3.05) is 12.0 Å². The minimum absolute atomic E-state index is 0.0295. The molecule has 25 heavy (non-hydrogen) atoms. The largest absolute Gasteiger partial charge is 0.497 e. The third-order valence-electron chi connectivity index (χ3n) is 4.30. The first kappa shape index (κ1) is 17.3. The van der Waals surface area contributed by atoms with Gasteiger partial charge in [-0.25, -0.2) is 0 Å². The Hall–Kier alpha value is -2.49. The summed E-state index contributed by atoms with van der Waals surface area (Å²) in [4.78, 5) is 14.7. The van der Waals surface area contributed by atoms with Crippen molar-refractivity contribution in [2.24, 2.45) is 0 Å². The normalized spacial score (nSPS) is 16.5. The average molecular weight is 339 g/mol. The van der Waals surface area contributed by atoms with Crippen LogP contribution in [0.15, 0.2) is 48.5 Å². The van der Waals surface area contributed by atoms with Gasteiger partial charge in [0, 0.05) is 18.3 Å². The zero-order valence-electron chi connectivity index (χ0n) is 15.3. The first-order valence-corrected chi connectivity index (χ1v) is 8.58. The van der Waals surface area contributed by atoms with Crippen molar-refractivity contribution in [1.82, 2.24) is 0 Å². The van der Waals surface area contributed by atoms with Gasteiger partial charge in [0.25, 0.3) is 0 Å². The Labute approximate surface area is 149 Å². The molecule has 1 atom stereocenters. The second-order valence-electron chi connectivity index (χ2n) is 7.33. The van der Waals surface area contributed by atoms with Gasteiger partial charge in [-0.15, -0.1) is 0 Å². The van der Waals surface area contributed by atoms with Crippen molar-refractivity contribution in [3.05, 3.63) is 59.7 Å². The maximum atomic E-state index is 12.5. The fourth-order valence-corrected chi connectivity index (χ4v) is 3.29. The van der Waals surface area contributed by atoms with E-state index in [4.69, 9.17) is 9.47 Å². The van der Waals surface area contributed by atoms with Crippen LogP contribution in [0.2, 0.25) is 0 Å². The van der Waals surface area contributed by atoms with E-state index in [2.05, 4.69) is 23.1 Å². The highest BCUT2D eigenvalue weighted by atomic mass is 16.6. The molecule has 0 radical (unpaired) electrons. The molecule has 0 saturated heterocycles. The minimum atomic E-state index is -0.476. The predicted octanol–water partition coefficient (Wildman–Crippen LogP) is 4.49. The summed E-state index contributed by atoms with van der Waals surface area (Å²) in [6.07, 6.45) is 0.325. The molecule has 1 aliphatic heterocycles. The highest BCUT2D eigenvalue weighted by Gasteiger charge is 2.33. The Kier molecular flexibility index (Phi) is 4.71. The lowest BCUT2D eigenvalue weighted by Crippen LogP contribution is -2.29. The Morgan fingerprint density at radius 2 is 1.92 bits per heavy atom. The standard InChI is InChI=1S/C21H25NO3/c1-21(2,3)25-20(23)13-19-18-11-6-5-8-15(18)14-22(19)16-9-7-10-17(12-16)24-4/h5-12,19H,13-14H2,1-4H3. The van der Waals surface area contributed by atoms with Crippen molar-refractivity contribution in [3.63, 3.8) is 0 Å². The number of methoxy groups -OCH3 is 1. The first-order chi connectivity index (χ1) is 11.9. The lowest BCUT2D eigenvalue weighted by molar-refractivity contribution is -0.155. The Morgan fingerprint density at radius 1 is 1.16 bits per heavy atom. The van der Waals surface area contributed by atoms with E-state index in [9.17, 15) is 4.79 Å². The van der Waals surface area contributed by atoms with Crippen LogP contribution in [-0.4, -0.2) is 18.7 Å². The second-order valence-corrected chi connectivity index (χ2v) is 7.33. The number of hydrogen-bond acceptors (Lipinski definition) is 4. The number of anilines is 1. The highest BCUT2D eigenvalue weighted by Crippen LogP contribution is 2.40. The number of esters is 1. The highest BCUT2D eigenvalue weighted by molar-refractivity contribution is 5.73. The zero-order chi connectivity index (χ0) is 18.0. The maximum Gasteiger partial charge on any atom is 0.308 e. The Morgan fingerprint density at radius 3 is 2.64 bits per heavy atom. The van der Waals surface area contributed by atoms with Gasteiger partial charge in [0.05, 0.1) is 19.6 Å². The Balaban J connectivity index is 1.90. The summed E-state index contributed by atoms with van der Waals surface area (Å²) in [6.45, 7) is 6.46. The summed E-state index contributed by atoms with van der Waals surface area (Å²) in [6, 6.07) is 16.2. The third-order valence-corrected chi connectivity index (χ3v) is 4.30. The molecule has 0 aromatic heterocycles. The van der Waals surface area contributed by atoms with Gasteiger partial charge in [-0.1, -0.05) is 30.3 Å². The number of ether oxygens (including phenoxy) is 2. The number of carbonyl (C=O) groups is 1. The number of hydrogen-bond donors (Lipinski definition) is 0. The van der Waals surface area contributed by atoms with Crippen molar-refractivity contribution >= 4 is 11.7 Å². The van der Waals surface area contributed by atoms with E-state index in [-0.39, 0.29) is 12.0 Å². The molecular weight excluding hydrogens is 314 g/mol. The molecule has 3 rings (SSSR count). The van der Waals surface area contributed by atoms with Gasteiger partial charge in [0.1, 0.15) is 11.4 Å². The number of nitrogens with zero attached hydrogens (tertiary/aromatic N) is 1. The molecule has 0 saturated carbocycles. The molecule has 0 aliphatic carbocycles. The summed E-state index contributed by atoms with van der Waals surface area (Å²) in [5.74, 6) is 0.631. The third kappa shape index (κ3) is 3.95. The van der Waals surface area contributed by atoms with E-state index in [0.717, 1.165) is 18.0 Å². The van der Waals surface area contributed by atoms with E-state index in [0.29, 0.717) is 6.42 Å². The molecule has 1 unspecified atom stereocenters. The summed E-state index contributed by atoms with van der Waals surface area (Å²) in [5, 5.41) is 0. The van der Waals surface area contributed by atoms with Crippen LogP contribution in [0.25, 0.3) is 0 Å². The molecule has 0 amide bonds. The molecule has 0 bridgehead atoms. The predicted molar refractivity (Wildman–Crippen MR) is 98.8 cm³/mol. The molecule has 2 aromatic rings. The summed E-state index contributed by atoms with van der Waals surface area (Å²) in [5.41, 5.74) is 3.01. The van der Waals surface area contributed by atoms with Crippen LogP contribution in [0.4, 0.5) is 5.69 Å². The maximum absolute atomic E-state index is 12.5. The molecule has 1 aliphatic rings. The van der Waals surface area contributed by atoms with Crippen molar-refractivity contribution in [1.29, 1.82) is 0 Å². The van der Waals surface area contributed by atoms with Gasteiger partial charge < -0.3 is 14.4 Å². The fraction of sp³-hybridized carbons (Fsp3) is 0.381. The molecule has 0 N–H and O–H groups in total. The molecule has 0 fully saturated rings. The molecular formula is C21H25NO3. The molecule has 0 spiro atoms. The SMILES string of the molecule is COc1cccc(N2Cc3ccccc3C2CC(=O)OC(C)(C)C)c1. The van der Waals surface area contributed by atoms with E-state index in [1.54, 1.807) is 7.11 Å². The average Bonchev–Trinajstić information content (AvgIpc) is 2.92. The minimum Gasteiger partial charge on any atom is -0.497 e. The van der Waals surface area contributed by atoms with Crippen molar-refractivity contribution in [2.45, 2.75) is 45.4 Å². The zero-order valence-corrected chi connectivity index (χ0v) is 15.3. The Bertz CT molecular complexity index is 764. The van der Waals surface area contributed by atoms with Crippen molar-refractivity contribution < 1.29 is 14.3 Å². The van der Waals surface area contributed by atoms with Gasteiger partial charge in [0.15, 0.2) is 0 Å². The van der Waals surface area contributed by atoms with E-state index >= 15 is 0 Å². The number of fused-ring (bicyclic) bond motifs is 1. The van der Waals surface area contributed by atoms with Crippen LogP contribution < -0.4 is 9.64 Å². The molecule has 4 nitrogen and oxygen atoms in total. The van der Waals surface area contributed by atoms with Crippen LogP contribution in [0.1, 0.15) is 44.4 Å². The number of carbonyl (C=O) groups excluding carboxylic acids is 1. The van der Waals surface area contributed by atoms with Crippen LogP contribution in [0.5, 0.6) is 5.75 Å². The van der Waals surface area contributed by atoms with Crippen LogP contribution in [-0.2, 0) is 16.1 Å². The monoisotopic (exact) mass is 339 g/mol.